The van der Waals surface area contributed by atoms with Crippen LogP contribution in [0.5, 0.6) is 0 Å². The number of carbonyl (C=O) groups is 1. The van der Waals surface area contributed by atoms with Gasteiger partial charge in [-0.3, -0.25) is 4.79 Å². The molecular weight excluding hydrogens is 384 g/mol. The Bertz CT molecular complexity index is 1240. The molecule has 0 radical (unpaired) electrons. The van der Waals surface area contributed by atoms with Gasteiger partial charge in [0.1, 0.15) is 5.52 Å². The Morgan fingerprint density at radius 2 is 1.62 bits per heavy atom. The van der Waals surface area contributed by atoms with E-state index in [1.54, 1.807) is 18.2 Å². The number of nitrogens with one attached hydrogen (secondary N) is 1. The zero-order valence-corrected chi connectivity index (χ0v) is 17.5. The number of aryl methyl sites for hydroxylation is 4. The zero-order valence-electron chi connectivity index (χ0n) is 16.8. The van der Waals surface area contributed by atoms with E-state index in [2.05, 4.69) is 16.4 Å². The Morgan fingerprint density at radius 3 is 2.34 bits per heavy atom. The molecule has 0 aliphatic heterocycles. The molecule has 0 bridgehead atoms. The van der Waals surface area contributed by atoms with E-state index in [-0.39, 0.29) is 5.91 Å². The van der Waals surface area contributed by atoms with Crippen LogP contribution in [0.4, 0.5) is 5.69 Å². The number of benzene rings is 3. The number of amides is 1. The third-order valence-electron chi connectivity index (χ3n) is 4.76. The maximum atomic E-state index is 12.7. The Hall–Kier alpha value is -3.11. The average molecular weight is 405 g/mol. The Kier molecular flexibility index (Phi) is 4.89. The number of halogens is 1. The van der Waals surface area contributed by atoms with Crippen LogP contribution in [-0.4, -0.2) is 10.9 Å². The third-order valence-corrected chi connectivity index (χ3v) is 5.09. The summed E-state index contributed by atoms with van der Waals surface area (Å²) in [7, 11) is 0. The van der Waals surface area contributed by atoms with E-state index in [9.17, 15) is 4.79 Å². The van der Waals surface area contributed by atoms with Crippen LogP contribution < -0.4 is 5.32 Å². The van der Waals surface area contributed by atoms with Crippen LogP contribution >= 0.6 is 11.6 Å². The fourth-order valence-electron chi connectivity index (χ4n) is 3.57. The molecule has 0 saturated carbocycles. The first kappa shape index (κ1) is 19.2. The molecule has 5 heteroatoms. The van der Waals surface area contributed by atoms with Crippen LogP contribution in [0.25, 0.3) is 22.6 Å². The van der Waals surface area contributed by atoms with Crippen molar-refractivity contribution in [2.75, 3.05) is 5.32 Å². The van der Waals surface area contributed by atoms with Gasteiger partial charge in [0.25, 0.3) is 5.91 Å². The van der Waals surface area contributed by atoms with Crippen molar-refractivity contribution in [2.45, 2.75) is 27.7 Å². The fraction of sp³-hybridized carbons (Fsp3) is 0.167. The number of rotatable bonds is 3. The summed E-state index contributed by atoms with van der Waals surface area (Å²) in [5.74, 6) is 0.260. The molecule has 146 valence electrons. The third kappa shape index (κ3) is 3.89. The molecule has 4 nitrogen and oxygen atoms in total. The number of aromatic nitrogens is 1. The largest absolute Gasteiger partial charge is 0.436 e. The van der Waals surface area contributed by atoms with Gasteiger partial charge >= 0.3 is 0 Å². The van der Waals surface area contributed by atoms with E-state index < -0.39 is 0 Å². The Labute approximate surface area is 174 Å². The molecule has 0 aliphatic carbocycles. The van der Waals surface area contributed by atoms with E-state index >= 15 is 0 Å². The summed E-state index contributed by atoms with van der Waals surface area (Å²) in [4.78, 5) is 17.3. The fourth-order valence-corrected chi connectivity index (χ4v) is 3.77. The molecule has 0 aliphatic rings. The van der Waals surface area contributed by atoms with Gasteiger partial charge in [-0.2, -0.15) is 0 Å². The molecule has 1 aromatic heterocycles. The van der Waals surface area contributed by atoms with E-state index in [1.165, 1.54) is 0 Å². The lowest BCUT2D eigenvalue weighted by Gasteiger charge is -2.09. The minimum atomic E-state index is -0.172. The highest BCUT2D eigenvalue weighted by atomic mass is 35.5. The molecule has 0 spiro atoms. The highest BCUT2D eigenvalue weighted by molar-refractivity contribution is 6.33. The van der Waals surface area contributed by atoms with Crippen molar-refractivity contribution in [1.29, 1.82) is 0 Å². The van der Waals surface area contributed by atoms with Crippen LogP contribution in [0.1, 0.15) is 32.6 Å². The first-order chi connectivity index (χ1) is 13.8. The lowest BCUT2D eigenvalue weighted by Crippen LogP contribution is -2.12. The summed E-state index contributed by atoms with van der Waals surface area (Å²) in [5.41, 5.74) is 7.65. The summed E-state index contributed by atoms with van der Waals surface area (Å²) in [6, 6.07) is 15.1. The minimum absolute atomic E-state index is 0.172. The first-order valence-electron chi connectivity index (χ1n) is 9.37. The molecule has 1 N–H and O–H groups in total. The predicted octanol–water partition coefficient (Wildman–Crippen LogP) is 6.63. The smallest absolute Gasteiger partial charge is 0.255 e. The van der Waals surface area contributed by atoms with Gasteiger partial charge in [-0.1, -0.05) is 34.9 Å². The number of nitrogens with zero attached hydrogens (tertiary/aromatic N) is 1. The summed E-state index contributed by atoms with van der Waals surface area (Å²) in [6.07, 6.45) is 0. The summed E-state index contributed by atoms with van der Waals surface area (Å²) >= 11 is 6.41. The van der Waals surface area contributed by atoms with Gasteiger partial charge < -0.3 is 9.73 Å². The maximum absolute atomic E-state index is 12.7. The van der Waals surface area contributed by atoms with Crippen molar-refractivity contribution in [3.8, 4) is 11.5 Å². The maximum Gasteiger partial charge on any atom is 0.255 e. The summed E-state index contributed by atoms with van der Waals surface area (Å²) < 4.78 is 5.99. The number of hydrogen-bond donors (Lipinski definition) is 1. The normalized spacial score (nSPS) is 11.1. The second-order valence-electron chi connectivity index (χ2n) is 7.47. The van der Waals surface area contributed by atoms with Crippen LogP contribution in [0, 0.1) is 27.7 Å². The highest BCUT2D eigenvalue weighted by Crippen LogP contribution is 2.33. The minimum Gasteiger partial charge on any atom is -0.436 e. The van der Waals surface area contributed by atoms with Gasteiger partial charge in [0.05, 0.1) is 10.6 Å². The summed E-state index contributed by atoms with van der Waals surface area (Å²) in [6.45, 7) is 7.96. The van der Waals surface area contributed by atoms with Gasteiger partial charge in [0.15, 0.2) is 5.58 Å². The summed E-state index contributed by atoms with van der Waals surface area (Å²) in [5, 5.41) is 3.45. The van der Waals surface area contributed by atoms with Crippen LogP contribution in [0.3, 0.4) is 0 Å². The molecule has 29 heavy (non-hydrogen) atoms. The molecule has 4 rings (SSSR count). The Balaban J connectivity index is 1.69. The van der Waals surface area contributed by atoms with Crippen LogP contribution in [0.2, 0.25) is 5.02 Å². The number of anilines is 1. The topological polar surface area (TPSA) is 55.1 Å². The standard InChI is InChI=1S/C24H21ClN2O2/c1-13-7-14(2)10-17(9-13)23(28)26-18-5-6-20(25)19(12-18)24-27-21-11-15(3)8-16(4)22(21)29-24/h5-12H,1-4H3,(H,26,28). The molecule has 0 fully saturated rings. The zero-order chi connectivity index (χ0) is 20.7. The van der Waals surface area contributed by atoms with Gasteiger partial charge in [0, 0.05) is 11.3 Å². The molecular formula is C24H21ClN2O2. The Morgan fingerprint density at radius 1 is 0.931 bits per heavy atom. The van der Waals surface area contributed by atoms with Gasteiger partial charge in [-0.05, 0) is 75.2 Å². The SMILES string of the molecule is Cc1cc(C)cc(C(=O)Nc2ccc(Cl)c(-c3nc4cc(C)cc(C)c4o3)c2)c1. The molecule has 1 amide bonds. The van der Waals surface area contributed by atoms with E-state index in [1.807, 2.05) is 52.0 Å². The van der Waals surface area contributed by atoms with E-state index in [4.69, 9.17) is 16.0 Å². The van der Waals surface area contributed by atoms with Gasteiger partial charge in [-0.15, -0.1) is 0 Å². The lowest BCUT2D eigenvalue weighted by atomic mass is 10.1. The van der Waals surface area contributed by atoms with E-state index in [0.717, 1.165) is 33.4 Å². The molecule has 0 atom stereocenters. The van der Waals surface area contributed by atoms with Crippen molar-refractivity contribution >= 4 is 34.3 Å². The van der Waals surface area contributed by atoms with Crippen LogP contribution in [-0.2, 0) is 0 Å². The molecule has 3 aromatic carbocycles. The van der Waals surface area contributed by atoms with E-state index in [0.29, 0.717) is 27.7 Å². The van der Waals surface area contributed by atoms with Crippen molar-refractivity contribution in [1.82, 2.24) is 4.98 Å². The molecule has 0 unspecified atom stereocenters. The number of fused-ring (bicyclic) bond motifs is 1. The number of hydrogen-bond acceptors (Lipinski definition) is 3. The molecule has 0 saturated heterocycles. The number of oxazole rings is 1. The molecule has 4 aromatic rings. The highest BCUT2D eigenvalue weighted by Gasteiger charge is 2.15. The van der Waals surface area contributed by atoms with Gasteiger partial charge in [0.2, 0.25) is 5.89 Å². The quantitative estimate of drug-likeness (QED) is 0.416. The first-order valence-corrected chi connectivity index (χ1v) is 9.75. The monoisotopic (exact) mass is 404 g/mol. The van der Waals surface area contributed by atoms with Crippen molar-refractivity contribution < 1.29 is 9.21 Å². The van der Waals surface area contributed by atoms with Crippen molar-refractivity contribution in [3.63, 3.8) is 0 Å². The average Bonchev–Trinajstić information content (AvgIpc) is 3.06. The van der Waals surface area contributed by atoms with Crippen molar-refractivity contribution in [2.24, 2.45) is 0 Å². The number of carbonyl (C=O) groups excluding carboxylic acids is 1. The second kappa shape index (κ2) is 7.37. The van der Waals surface area contributed by atoms with Crippen molar-refractivity contribution in [3.05, 3.63) is 81.4 Å². The lowest BCUT2D eigenvalue weighted by molar-refractivity contribution is 0.102. The second-order valence-corrected chi connectivity index (χ2v) is 7.88. The van der Waals surface area contributed by atoms with Gasteiger partial charge in [-0.25, -0.2) is 4.98 Å². The molecule has 1 heterocycles. The predicted molar refractivity (Wildman–Crippen MR) is 118 cm³/mol. The van der Waals surface area contributed by atoms with Crippen LogP contribution in [0.15, 0.2) is 52.9 Å².